The maximum atomic E-state index is 11.7. The van der Waals surface area contributed by atoms with Gasteiger partial charge in [-0.2, -0.15) is 0 Å². The van der Waals surface area contributed by atoms with Crippen molar-refractivity contribution in [3.63, 3.8) is 0 Å². The van der Waals surface area contributed by atoms with Crippen LogP contribution in [0.2, 0.25) is 0 Å². The van der Waals surface area contributed by atoms with Crippen LogP contribution in [-0.2, 0) is 15.4 Å². The Labute approximate surface area is 99.7 Å². The number of rotatable bonds is 3. The summed E-state index contributed by atoms with van der Waals surface area (Å²) in [6.45, 7) is 0.684. The van der Waals surface area contributed by atoms with Gasteiger partial charge in [-0.25, -0.2) is 0 Å². The Morgan fingerprint density at radius 3 is 2.75 bits per heavy atom. The normalized spacial score (nSPS) is 19.7. The number of anilines is 1. The van der Waals surface area contributed by atoms with Gasteiger partial charge in [0.25, 0.3) is 5.91 Å². The van der Waals surface area contributed by atoms with Crippen LogP contribution in [0.4, 0.5) is 5.69 Å². The molecule has 2 rings (SSSR count). The fraction of sp³-hybridized carbons (Fsp3) is 0.417. The SMILES string of the molecule is O=C(Nc1ccc(CCl)cc1)C1CCCO1. The number of nitrogens with one attached hydrogen (secondary N) is 1. The lowest BCUT2D eigenvalue weighted by atomic mass is 10.2. The molecule has 0 aromatic heterocycles. The molecule has 0 aliphatic carbocycles. The molecule has 1 aromatic rings. The Hall–Kier alpha value is -1.06. The first kappa shape index (κ1) is 11.4. The van der Waals surface area contributed by atoms with Crippen LogP contribution in [0.25, 0.3) is 0 Å². The van der Waals surface area contributed by atoms with Crippen LogP contribution < -0.4 is 5.32 Å². The number of benzene rings is 1. The number of ether oxygens (including phenoxy) is 1. The topological polar surface area (TPSA) is 38.3 Å². The number of amides is 1. The van der Waals surface area contributed by atoms with E-state index >= 15 is 0 Å². The zero-order valence-electron chi connectivity index (χ0n) is 8.91. The van der Waals surface area contributed by atoms with E-state index in [1.807, 2.05) is 24.3 Å². The Bertz CT molecular complexity index is 358. The van der Waals surface area contributed by atoms with Crippen molar-refractivity contribution in [3.8, 4) is 0 Å². The van der Waals surface area contributed by atoms with Crippen molar-refractivity contribution in [2.45, 2.75) is 24.8 Å². The van der Waals surface area contributed by atoms with Gasteiger partial charge in [-0.15, -0.1) is 11.6 Å². The molecule has 1 aromatic carbocycles. The highest BCUT2D eigenvalue weighted by molar-refractivity contribution is 6.17. The first-order chi connectivity index (χ1) is 7.79. The van der Waals surface area contributed by atoms with Gasteiger partial charge in [0.05, 0.1) is 0 Å². The summed E-state index contributed by atoms with van der Waals surface area (Å²) in [5.74, 6) is 0.427. The molecule has 1 atom stereocenters. The monoisotopic (exact) mass is 239 g/mol. The van der Waals surface area contributed by atoms with Gasteiger partial charge >= 0.3 is 0 Å². The van der Waals surface area contributed by atoms with Crippen molar-refractivity contribution in [2.75, 3.05) is 11.9 Å². The van der Waals surface area contributed by atoms with Crippen molar-refractivity contribution in [3.05, 3.63) is 29.8 Å². The molecule has 1 heterocycles. The molecule has 4 heteroatoms. The molecule has 1 fully saturated rings. The Kier molecular flexibility index (Phi) is 3.80. The van der Waals surface area contributed by atoms with Gasteiger partial charge < -0.3 is 10.1 Å². The number of alkyl halides is 1. The van der Waals surface area contributed by atoms with E-state index in [-0.39, 0.29) is 12.0 Å². The number of halogens is 1. The summed E-state index contributed by atoms with van der Waals surface area (Å²) in [5, 5.41) is 2.83. The Morgan fingerprint density at radius 1 is 1.44 bits per heavy atom. The molecule has 3 nitrogen and oxygen atoms in total. The van der Waals surface area contributed by atoms with E-state index < -0.39 is 0 Å². The first-order valence-electron chi connectivity index (χ1n) is 5.37. The molecular weight excluding hydrogens is 226 g/mol. The minimum Gasteiger partial charge on any atom is -0.368 e. The van der Waals surface area contributed by atoms with Crippen LogP contribution in [0.5, 0.6) is 0 Å². The molecule has 1 aliphatic rings. The van der Waals surface area contributed by atoms with Gasteiger partial charge in [-0.3, -0.25) is 4.79 Å². The van der Waals surface area contributed by atoms with Gasteiger partial charge in [0.2, 0.25) is 0 Å². The highest BCUT2D eigenvalue weighted by Crippen LogP contribution is 2.16. The van der Waals surface area contributed by atoms with E-state index in [0.717, 1.165) is 24.1 Å². The molecule has 0 bridgehead atoms. The summed E-state index contributed by atoms with van der Waals surface area (Å²) in [6.07, 6.45) is 1.49. The number of hydrogen-bond donors (Lipinski definition) is 1. The fourth-order valence-electron chi connectivity index (χ4n) is 1.68. The summed E-state index contributed by atoms with van der Waals surface area (Å²) >= 11 is 5.68. The van der Waals surface area contributed by atoms with Crippen molar-refractivity contribution in [1.82, 2.24) is 0 Å². The van der Waals surface area contributed by atoms with Gasteiger partial charge in [-0.1, -0.05) is 12.1 Å². The smallest absolute Gasteiger partial charge is 0.253 e. The number of carbonyl (C=O) groups is 1. The van der Waals surface area contributed by atoms with E-state index in [1.54, 1.807) is 0 Å². The summed E-state index contributed by atoms with van der Waals surface area (Å²) in [6, 6.07) is 7.51. The van der Waals surface area contributed by atoms with E-state index in [4.69, 9.17) is 16.3 Å². The zero-order chi connectivity index (χ0) is 11.4. The highest BCUT2D eigenvalue weighted by Gasteiger charge is 2.23. The standard InChI is InChI=1S/C12H14ClNO2/c13-8-9-3-5-10(6-4-9)14-12(15)11-2-1-7-16-11/h3-6,11H,1-2,7-8H2,(H,14,15). The molecule has 16 heavy (non-hydrogen) atoms. The van der Waals surface area contributed by atoms with E-state index in [2.05, 4.69) is 5.32 Å². The van der Waals surface area contributed by atoms with Crippen molar-refractivity contribution in [1.29, 1.82) is 0 Å². The van der Waals surface area contributed by atoms with Crippen LogP contribution in [0, 0.1) is 0 Å². The zero-order valence-corrected chi connectivity index (χ0v) is 9.67. The Balaban J connectivity index is 1.94. The maximum absolute atomic E-state index is 11.7. The number of carbonyl (C=O) groups excluding carboxylic acids is 1. The predicted molar refractivity (Wildman–Crippen MR) is 63.6 cm³/mol. The summed E-state index contributed by atoms with van der Waals surface area (Å²) in [7, 11) is 0. The van der Waals surface area contributed by atoms with Gasteiger partial charge in [0, 0.05) is 18.2 Å². The molecule has 1 amide bonds. The molecule has 1 aliphatic heterocycles. The second-order valence-corrected chi connectivity index (χ2v) is 4.09. The fourth-order valence-corrected chi connectivity index (χ4v) is 1.86. The summed E-state index contributed by atoms with van der Waals surface area (Å²) in [5.41, 5.74) is 1.83. The quantitative estimate of drug-likeness (QED) is 0.824. The molecule has 1 unspecified atom stereocenters. The predicted octanol–water partition coefficient (Wildman–Crippen LogP) is 2.54. The van der Waals surface area contributed by atoms with E-state index in [1.165, 1.54) is 0 Å². The summed E-state index contributed by atoms with van der Waals surface area (Å²) < 4.78 is 5.30. The van der Waals surface area contributed by atoms with Gasteiger partial charge in [0.15, 0.2) is 0 Å². The van der Waals surface area contributed by atoms with E-state index in [0.29, 0.717) is 12.5 Å². The third-order valence-electron chi connectivity index (χ3n) is 2.60. The summed E-state index contributed by atoms with van der Waals surface area (Å²) in [4.78, 5) is 11.7. The molecular formula is C12H14ClNO2. The van der Waals surface area contributed by atoms with Crippen LogP contribution in [0.3, 0.4) is 0 Å². The van der Waals surface area contributed by atoms with Gasteiger partial charge in [-0.05, 0) is 30.5 Å². The molecule has 86 valence electrons. The van der Waals surface area contributed by atoms with Crippen molar-refractivity contribution in [2.24, 2.45) is 0 Å². The van der Waals surface area contributed by atoms with Crippen LogP contribution in [0.1, 0.15) is 18.4 Å². The molecule has 0 radical (unpaired) electrons. The van der Waals surface area contributed by atoms with Gasteiger partial charge in [0.1, 0.15) is 6.10 Å². The lowest BCUT2D eigenvalue weighted by Gasteiger charge is -2.10. The van der Waals surface area contributed by atoms with Crippen LogP contribution in [0.15, 0.2) is 24.3 Å². The minimum atomic E-state index is -0.285. The maximum Gasteiger partial charge on any atom is 0.253 e. The second-order valence-electron chi connectivity index (χ2n) is 3.82. The lowest BCUT2D eigenvalue weighted by Crippen LogP contribution is -2.26. The molecule has 0 saturated carbocycles. The third-order valence-corrected chi connectivity index (χ3v) is 2.91. The minimum absolute atomic E-state index is 0.0591. The lowest BCUT2D eigenvalue weighted by molar-refractivity contribution is -0.124. The third kappa shape index (κ3) is 2.74. The van der Waals surface area contributed by atoms with Crippen LogP contribution >= 0.6 is 11.6 Å². The number of hydrogen-bond acceptors (Lipinski definition) is 2. The largest absolute Gasteiger partial charge is 0.368 e. The van der Waals surface area contributed by atoms with Crippen molar-refractivity contribution >= 4 is 23.2 Å². The highest BCUT2D eigenvalue weighted by atomic mass is 35.5. The average Bonchev–Trinajstić information content (AvgIpc) is 2.83. The Morgan fingerprint density at radius 2 is 2.19 bits per heavy atom. The second kappa shape index (κ2) is 5.32. The molecule has 1 saturated heterocycles. The molecule has 0 spiro atoms. The van der Waals surface area contributed by atoms with Crippen LogP contribution in [-0.4, -0.2) is 18.6 Å². The first-order valence-corrected chi connectivity index (χ1v) is 5.90. The van der Waals surface area contributed by atoms with Crippen molar-refractivity contribution < 1.29 is 9.53 Å². The average molecular weight is 240 g/mol. The molecule has 1 N–H and O–H groups in total. The van der Waals surface area contributed by atoms with E-state index in [9.17, 15) is 4.79 Å².